The average Bonchev–Trinajstić information content (AvgIpc) is 2.90. The number of amides is 2. The Labute approximate surface area is 130 Å². The third-order valence-electron chi connectivity index (χ3n) is 4.67. The number of rotatable bonds is 5. The molecule has 0 radical (unpaired) electrons. The summed E-state index contributed by atoms with van der Waals surface area (Å²) in [6.07, 6.45) is 6.03. The first-order valence-electron chi connectivity index (χ1n) is 7.89. The average molecular weight is 314 g/mol. The highest BCUT2D eigenvalue weighted by Crippen LogP contribution is 2.36. The highest BCUT2D eigenvalue weighted by atomic mass is 32.2. The van der Waals surface area contributed by atoms with Crippen molar-refractivity contribution >= 4 is 23.8 Å². The summed E-state index contributed by atoms with van der Waals surface area (Å²) in [5, 5.41) is 15.0. The third-order valence-corrected chi connectivity index (χ3v) is 6.21. The van der Waals surface area contributed by atoms with Crippen LogP contribution < -0.4 is 10.6 Å². The first-order chi connectivity index (χ1) is 10.0. The van der Waals surface area contributed by atoms with E-state index in [9.17, 15) is 14.7 Å². The van der Waals surface area contributed by atoms with Gasteiger partial charge in [-0.25, -0.2) is 4.79 Å². The highest BCUT2D eigenvalue weighted by Gasteiger charge is 2.32. The molecule has 1 aliphatic heterocycles. The Balaban J connectivity index is 1.71. The standard InChI is InChI=1S/C15H26N2O3S/c1-15(7-4-8-21-15)10-17-14(20)16-9-11-5-2-3-6-12(11)13(18)19/h11-12H,2-10H2,1H3,(H,18,19)(H2,16,17,20). The van der Waals surface area contributed by atoms with Crippen molar-refractivity contribution in [3.63, 3.8) is 0 Å². The Bertz CT molecular complexity index is 383. The summed E-state index contributed by atoms with van der Waals surface area (Å²) in [5.41, 5.74) is 0. The van der Waals surface area contributed by atoms with Gasteiger partial charge >= 0.3 is 12.0 Å². The largest absolute Gasteiger partial charge is 0.481 e. The minimum atomic E-state index is -0.725. The van der Waals surface area contributed by atoms with E-state index in [4.69, 9.17) is 0 Å². The fourth-order valence-corrected chi connectivity index (χ4v) is 4.55. The van der Waals surface area contributed by atoms with Crippen molar-refractivity contribution in [2.45, 2.75) is 50.2 Å². The van der Waals surface area contributed by atoms with Crippen LogP contribution in [0.3, 0.4) is 0 Å². The van der Waals surface area contributed by atoms with Gasteiger partial charge in [-0.3, -0.25) is 4.79 Å². The second-order valence-electron chi connectivity index (χ2n) is 6.45. The molecule has 0 aromatic heterocycles. The molecule has 0 spiro atoms. The summed E-state index contributed by atoms with van der Waals surface area (Å²) in [7, 11) is 0. The molecule has 0 bridgehead atoms. The van der Waals surface area contributed by atoms with Gasteiger partial charge < -0.3 is 15.7 Å². The summed E-state index contributed by atoms with van der Waals surface area (Å²) < 4.78 is 0.159. The summed E-state index contributed by atoms with van der Waals surface area (Å²) in [4.78, 5) is 23.1. The maximum atomic E-state index is 11.9. The summed E-state index contributed by atoms with van der Waals surface area (Å²) in [6, 6.07) is -0.168. The molecule has 1 heterocycles. The van der Waals surface area contributed by atoms with Gasteiger partial charge in [0.1, 0.15) is 0 Å². The number of carboxylic acids is 1. The molecule has 2 fully saturated rings. The Morgan fingerprint density at radius 2 is 2.00 bits per heavy atom. The molecular formula is C15H26N2O3S. The molecule has 1 saturated carbocycles. The number of carboxylic acid groups (broad SMARTS) is 1. The van der Waals surface area contributed by atoms with Crippen LogP contribution in [-0.2, 0) is 4.79 Å². The normalized spacial score (nSPS) is 32.6. The van der Waals surface area contributed by atoms with Gasteiger partial charge in [0.2, 0.25) is 0 Å². The Morgan fingerprint density at radius 1 is 1.24 bits per heavy atom. The second-order valence-corrected chi connectivity index (χ2v) is 8.14. The van der Waals surface area contributed by atoms with E-state index in [1.807, 2.05) is 11.8 Å². The number of urea groups is 1. The molecule has 3 unspecified atom stereocenters. The fraction of sp³-hybridized carbons (Fsp3) is 0.867. The monoisotopic (exact) mass is 314 g/mol. The summed E-state index contributed by atoms with van der Waals surface area (Å²) >= 11 is 1.92. The Kier molecular flexibility index (Phi) is 5.79. The maximum Gasteiger partial charge on any atom is 0.314 e. The van der Waals surface area contributed by atoms with Crippen LogP contribution in [0, 0.1) is 11.8 Å². The lowest BCUT2D eigenvalue weighted by Crippen LogP contribution is -2.45. The van der Waals surface area contributed by atoms with Crippen LogP contribution in [0.1, 0.15) is 45.4 Å². The van der Waals surface area contributed by atoms with E-state index in [2.05, 4.69) is 17.6 Å². The quantitative estimate of drug-likeness (QED) is 0.728. The van der Waals surface area contributed by atoms with E-state index in [0.717, 1.165) is 32.1 Å². The van der Waals surface area contributed by atoms with Crippen molar-refractivity contribution in [1.82, 2.24) is 10.6 Å². The molecule has 2 amide bonds. The van der Waals surface area contributed by atoms with E-state index in [1.165, 1.54) is 12.2 Å². The molecular weight excluding hydrogens is 288 g/mol. The molecule has 1 saturated heterocycles. The molecule has 3 atom stereocenters. The molecule has 2 rings (SSSR count). The van der Waals surface area contributed by atoms with Gasteiger partial charge in [0.05, 0.1) is 5.92 Å². The summed E-state index contributed by atoms with van der Waals surface area (Å²) in [6.45, 7) is 3.33. The van der Waals surface area contributed by atoms with E-state index in [-0.39, 0.29) is 22.6 Å². The number of aliphatic carboxylic acids is 1. The zero-order chi connectivity index (χ0) is 15.3. The van der Waals surface area contributed by atoms with Crippen molar-refractivity contribution < 1.29 is 14.7 Å². The van der Waals surface area contributed by atoms with Crippen molar-refractivity contribution in [1.29, 1.82) is 0 Å². The maximum absolute atomic E-state index is 11.9. The van der Waals surface area contributed by atoms with Gasteiger partial charge in [-0.05, 0) is 44.3 Å². The van der Waals surface area contributed by atoms with Crippen LogP contribution in [0.25, 0.3) is 0 Å². The van der Waals surface area contributed by atoms with Crippen molar-refractivity contribution in [2.75, 3.05) is 18.8 Å². The number of carbonyl (C=O) groups is 2. The van der Waals surface area contributed by atoms with E-state index >= 15 is 0 Å². The zero-order valence-corrected chi connectivity index (χ0v) is 13.5. The van der Waals surface area contributed by atoms with Gasteiger partial charge in [-0.2, -0.15) is 11.8 Å². The van der Waals surface area contributed by atoms with Crippen LogP contribution in [0.2, 0.25) is 0 Å². The molecule has 120 valence electrons. The van der Waals surface area contributed by atoms with Gasteiger partial charge in [0.15, 0.2) is 0 Å². The predicted octanol–water partition coefficient (Wildman–Crippen LogP) is 2.46. The lowest BCUT2D eigenvalue weighted by atomic mass is 9.79. The number of nitrogens with one attached hydrogen (secondary N) is 2. The molecule has 0 aromatic carbocycles. The van der Waals surface area contributed by atoms with Crippen LogP contribution in [-0.4, -0.2) is 40.7 Å². The fourth-order valence-electron chi connectivity index (χ4n) is 3.31. The molecule has 2 aliphatic rings. The molecule has 1 aliphatic carbocycles. The SMILES string of the molecule is CC1(CNC(=O)NCC2CCCCC2C(=O)O)CCCS1. The van der Waals surface area contributed by atoms with E-state index in [0.29, 0.717) is 13.1 Å². The number of hydrogen-bond acceptors (Lipinski definition) is 3. The zero-order valence-electron chi connectivity index (χ0n) is 12.7. The minimum Gasteiger partial charge on any atom is -0.481 e. The summed E-state index contributed by atoms with van der Waals surface area (Å²) in [5.74, 6) is 0.208. The van der Waals surface area contributed by atoms with Crippen molar-refractivity contribution in [3.05, 3.63) is 0 Å². The molecule has 5 nitrogen and oxygen atoms in total. The van der Waals surface area contributed by atoms with Gasteiger partial charge in [0.25, 0.3) is 0 Å². The van der Waals surface area contributed by atoms with Crippen LogP contribution >= 0.6 is 11.8 Å². The van der Waals surface area contributed by atoms with Crippen molar-refractivity contribution in [3.8, 4) is 0 Å². The Morgan fingerprint density at radius 3 is 2.67 bits per heavy atom. The lowest BCUT2D eigenvalue weighted by Gasteiger charge is -2.29. The van der Waals surface area contributed by atoms with Gasteiger partial charge in [0, 0.05) is 17.8 Å². The molecule has 0 aromatic rings. The van der Waals surface area contributed by atoms with Crippen LogP contribution in [0.4, 0.5) is 4.79 Å². The third kappa shape index (κ3) is 4.80. The second kappa shape index (κ2) is 7.38. The predicted molar refractivity (Wildman–Crippen MR) is 84.6 cm³/mol. The van der Waals surface area contributed by atoms with Crippen molar-refractivity contribution in [2.24, 2.45) is 11.8 Å². The minimum absolute atomic E-state index is 0.0680. The van der Waals surface area contributed by atoms with Gasteiger partial charge in [-0.15, -0.1) is 0 Å². The Hall–Kier alpha value is -0.910. The highest BCUT2D eigenvalue weighted by molar-refractivity contribution is 8.00. The first kappa shape index (κ1) is 16.5. The number of thioether (sulfide) groups is 1. The first-order valence-corrected chi connectivity index (χ1v) is 8.87. The smallest absolute Gasteiger partial charge is 0.314 e. The van der Waals surface area contributed by atoms with E-state index in [1.54, 1.807) is 0 Å². The van der Waals surface area contributed by atoms with Gasteiger partial charge in [-0.1, -0.05) is 12.8 Å². The van der Waals surface area contributed by atoms with Crippen LogP contribution in [0.15, 0.2) is 0 Å². The van der Waals surface area contributed by atoms with Crippen LogP contribution in [0.5, 0.6) is 0 Å². The number of hydrogen-bond donors (Lipinski definition) is 3. The lowest BCUT2D eigenvalue weighted by molar-refractivity contribution is -0.144. The molecule has 6 heteroatoms. The topological polar surface area (TPSA) is 78.4 Å². The molecule has 3 N–H and O–H groups in total. The number of carbonyl (C=O) groups excluding carboxylic acids is 1. The van der Waals surface area contributed by atoms with E-state index < -0.39 is 5.97 Å². The molecule has 21 heavy (non-hydrogen) atoms.